The quantitative estimate of drug-likeness (QED) is 0.885. The molecule has 0 unspecified atom stereocenters. The van der Waals surface area contributed by atoms with E-state index in [1.807, 2.05) is 31.3 Å². The smallest absolute Gasteiger partial charge is 0.226 e. The van der Waals surface area contributed by atoms with Gasteiger partial charge in [0.25, 0.3) is 0 Å². The van der Waals surface area contributed by atoms with Crippen molar-refractivity contribution in [1.82, 2.24) is 10.3 Å². The van der Waals surface area contributed by atoms with Gasteiger partial charge in [0.2, 0.25) is 5.89 Å². The van der Waals surface area contributed by atoms with E-state index in [9.17, 15) is 0 Å². The second kappa shape index (κ2) is 4.76. The van der Waals surface area contributed by atoms with Crippen molar-refractivity contribution in [3.05, 3.63) is 39.8 Å². The van der Waals surface area contributed by atoms with Crippen LogP contribution < -0.4 is 5.32 Å². The molecule has 1 heterocycles. The summed E-state index contributed by atoms with van der Waals surface area (Å²) in [6, 6.07) is 8.10. The lowest BCUT2D eigenvalue weighted by Gasteiger charge is -1.94. The van der Waals surface area contributed by atoms with Crippen LogP contribution in [0, 0.1) is 3.57 Å². The first-order valence-corrected chi connectivity index (χ1v) is 5.72. The fourth-order valence-corrected chi connectivity index (χ4v) is 1.65. The van der Waals surface area contributed by atoms with E-state index in [4.69, 9.17) is 4.42 Å². The van der Waals surface area contributed by atoms with Crippen LogP contribution in [0.15, 0.2) is 34.9 Å². The Balaban J connectivity index is 2.25. The SMILES string of the molecule is CNCc1coc(-c2ccc(I)cc2)n1. The molecule has 4 heteroatoms. The number of aromatic nitrogens is 1. The van der Waals surface area contributed by atoms with Crippen LogP contribution in [0.2, 0.25) is 0 Å². The Bertz CT molecular complexity index is 436. The molecule has 0 saturated carbocycles. The second-order valence-electron chi connectivity index (χ2n) is 3.18. The van der Waals surface area contributed by atoms with Crippen molar-refractivity contribution in [2.75, 3.05) is 7.05 Å². The van der Waals surface area contributed by atoms with Gasteiger partial charge in [-0.3, -0.25) is 0 Å². The number of halogens is 1. The van der Waals surface area contributed by atoms with E-state index >= 15 is 0 Å². The largest absolute Gasteiger partial charge is 0.444 e. The van der Waals surface area contributed by atoms with E-state index in [0.717, 1.165) is 17.8 Å². The molecular formula is C11H11IN2O. The van der Waals surface area contributed by atoms with Crippen molar-refractivity contribution in [1.29, 1.82) is 0 Å². The minimum absolute atomic E-state index is 0.677. The fraction of sp³-hybridized carbons (Fsp3) is 0.182. The Hall–Kier alpha value is -0.880. The summed E-state index contributed by atoms with van der Waals surface area (Å²) in [5.41, 5.74) is 1.93. The van der Waals surface area contributed by atoms with Gasteiger partial charge in [0.15, 0.2) is 0 Å². The Morgan fingerprint density at radius 1 is 1.33 bits per heavy atom. The Labute approximate surface area is 102 Å². The number of hydrogen-bond acceptors (Lipinski definition) is 3. The first-order chi connectivity index (χ1) is 7.29. The molecule has 0 aliphatic rings. The molecule has 0 amide bonds. The molecule has 0 fully saturated rings. The number of benzene rings is 1. The third-order valence-electron chi connectivity index (χ3n) is 2.00. The molecule has 2 rings (SSSR count). The molecule has 78 valence electrons. The van der Waals surface area contributed by atoms with E-state index in [1.54, 1.807) is 6.26 Å². The molecule has 2 aromatic rings. The normalized spacial score (nSPS) is 10.5. The van der Waals surface area contributed by atoms with Crippen LogP contribution in [0.3, 0.4) is 0 Å². The first kappa shape index (κ1) is 10.6. The Kier molecular flexibility index (Phi) is 3.37. The number of hydrogen-bond donors (Lipinski definition) is 1. The van der Waals surface area contributed by atoms with Gasteiger partial charge < -0.3 is 9.73 Å². The summed E-state index contributed by atoms with van der Waals surface area (Å²) >= 11 is 2.27. The highest BCUT2D eigenvalue weighted by Crippen LogP contribution is 2.19. The lowest BCUT2D eigenvalue weighted by atomic mass is 10.2. The van der Waals surface area contributed by atoms with Crippen LogP contribution in [0.5, 0.6) is 0 Å². The van der Waals surface area contributed by atoms with Gasteiger partial charge >= 0.3 is 0 Å². The monoisotopic (exact) mass is 314 g/mol. The minimum atomic E-state index is 0.677. The second-order valence-corrected chi connectivity index (χ2v) is 4.43. The van der Waals surface area contributed by atoms with Crippen molar-refractivity contribution < 1.29 is 4.42 Å². The highest BCUT2D eigenvalue weighted by atomic mass is 127. The number of nitrogens with one attached hydrogen (secondary N) is 1. The minimum Gasteiger partial charge on any atom is -0.444 e. The lowest BCUT2D eigenvalue weighted by Crippen LogP contribution is -2.04. The van der Waals surface area contributed by atoms with Gasteiger partial charge in [-0.05, 0) is 53.9 Å². The maximum Gasteiger partial charge on any atom is 0.226 e. The third-order valence-corrected chi connectivity index (χ3v) is 2.72. The van der Waals surface area contributed by atoms with Gasteiger partial charge in [0, 0.05) is 15.7 Å². The van der Waals surface area contributed by atoms with Gasteiger partial charge in [-0.1, -0.05) is 0 Å². The molecule has 1 N–H and O–H groups in total. The van der Waals surface area contributed by atoms with Crippen LogP contribution in [-0.4, -0.2) is 12.0 Å². The zero-order valence-corrected chi connectivity index (χ0v) is 10.5. The molecule has 1 aromatic carbocycles. The van der Waals surface area contributed by atoms with Crippen LogP contribution in [-0.2, 0) is 6.54 Å². The fourth-order valence-electron chi connectivity index (χ4n) is 1.29. The van der Waals surface area contributed by atoms with Crippen LogP contribution in [0.4, 0.5) is 0 Å². The molecule has 15 heavy (non-hydrogen) atoms. The Morgan fingerprint density at radius 2 is 2.07 bits per heavy atom. The van der Waals surface area contributed by atoms with Gasteiger partial charge in [0.05, 0.1) is 5.69 Å². The van der Waals surface area contributed by atoms with Gasteiger partial charge in [-0.2, -0.15) is 0 Å². The highest BCUT2D eigenvalue weighted by Gasteiger charge is 2.05. The molecule has 0 radical (unpaired) electrons. The average Bonchev–Trinajstić information content (AvgIpc) is 2.68. The molecule has 0 bridgehead atoms. The van der Waals surface area contributed by atoms with Crippen molar-refractivity contribution in [2.45, 2.75) is 6.54 Å². The predicted octanol–water partition coefficient (Wildman–Crippen LogP) is 2.67. The molecule has 0 atom stereocenters. The van der Waals surface area contributed by atoms with Crippen molar-refractivity contribution in [2.24, 2.45) is 0 Å². The maximum atomic E-state index is 5.39. The topological polar surface area (TPSA) is 38.1 Å². The molecule has 0 aliphatic carbocycles. The number of nitrogens with zero attached hydrogens (tertiary/aromatic N) is 1. The van der Waals surface area contributed by atoms with Crippen molar-refractivity contribution in [3.8, 4) is 11.5 Å². The summed E-state index contributed by atoms with van der Waals surface area (Å²) in [6.07, 6.45) is 1.68. The van der Waals surface area contributed by atoms with Crippen LogP contribution in [0.25, 0.3) is 11.5 Å². The van der Waals surface area contributed by atoms with Crippen LogP contribution in [0.1, 0.15) is 5.69 Å². The third kappa shape index (κ3) is 2.57. The number of oxazole rings is 1. The van der Waals surface area contributed by atoms with Gasteiger partial charge in [0.1, 0.15) is 6.26 Å². The van der Waals surface area contributed by atoms with E-state index in [0.29, 0.717) is 5.89 Å². The van der Waals surface area contributed by atoms with E-state index < -0.39 is 0 Å². The van der Waals surface area contributed by atoms with Crippen molar-refractivity contribution >= 4 is 22.6 Å². The molecule has 0 spiro atoms. The highest BCUT2D eigenvalue weighted by molar-refractivity contribution is 14.1. The molecular weight excluding hydrogens is 303 g/mol. The summed E-state index contributed by atoms with van der Waals surface area (Å²) in [5.74, 6) is 0.677. The molecule has 1 aromatic heterocycles. The molecule has 3 nitrogen and oxygen atoms in total. The summed E-state index contributed by atoms with van der Waals surface area (Å²) in [5, 5.41) is 3.03. The van der Waals surface area contributed by atoms with E-state index in [2.05, 4.69) is 32.9 Å². The predicted molar refractivity (Wildman–Crippen MR) is 67.4 cm³/mol. The van der Waals surface area contributed by atoms with E-state index in [1.165, 1.54) is 3.57 Å². The van der Waals surface area contributed by atoms with E-state index in [-0.39, 0.29) is 0 Å². The molecule has 0 aliphatic heterocycles. The maximum absolute atomic E-state index is 5.39. The standard InChI is InChI=1S/C11H11IN2O/c1-13-6-10-7-15-11(14-10)8-2-4-9(12)5-3-8/h2-5,7,13H,6H2,1H3. The van der Waals surface area contributed by atoms with Crippen molar-refractivity contribution in [3.63, 3.8) is 0 Å². The first-order valence-electron chi connectivity index (χ1n) is 4.64. The molecule has 0 saturated heterocycles. The summed E-state index contributed by atoms with van der Waals surface area (Å²) in [4.78, 5) is 4.37. The summed E-state index contributed by atoms with van der Waals surface area (Å²) < 4.78 is 6.60. The zero-order valence-electron chi connectivity index (χ0n) is 8.33. The lowest BCUT2D eigenvalue weighted by molar-refractivity contribution is 0.571. The van der Waals surface area contributed by atoms with Gasteiger partial charge in [-0.15, -0.1) is 0 Å². The summed E-state index contributed by atoms with van der Waals surface area (Å²) in [7, 11) is 1.89. The average molecular weight is 314 g/mol. The Morgan fingerprint density at radius 3 is 2.73 bits per heavy atom. The van der Waals surface area contributed by atoms with Crippen LogP contribution >= 0.6 is 22.6 Å². The van der Waals surface area contributed by atoms with Gasteiger partial charge in [-0.25, -0.2) is 4.98 Å². The number of rotatable bonds is 3. The zero-order chi connectivity index (χ0) is 10.7. The summed E-state index contributed by atoms with van der Waals surface area (Å²) in [6.45, 7) is 0.730.